The molecule has 0 aromatic carbocycles. The minimum Gasteiger partial charge on any atom is -0.413 e. The lowest BCUT2D eigenvalue weighted by Crippen LogP contribution is -2.45. The predicted molar refractivity (Wildman–Crippen MR) is 105 cm³/mol. The van der Waals surface area contributed by atoms with Crippen LogP contribution in [-0.4, -0.2) is 28.8 Å². The third kappa shape index (κ3) is 3.70. The van der Waals surface area contributed by atoms with Gasteiger partial charge in [0.15, 0.2) is 16.6 Å². The summed E-state index contributed by atoms with van der Waals surface area (Å²) in [4.78, 5) is 0. The Hall–Kier alpha value is 0.0938. The van der Waals surface area contributed by atoms with Crippen molar-refractivity contribution in [2.24, 2.45) is 11.8 Å². The average Bonchev–Trinajstić information content (AvgIpc) is 2.42. The molecule has 1 fully saturated rings. The third-order valence-corrected chi connectivity index (χ3v) is 15.8. The van der Waals surface area contributed by atoms with E-state index in [9.17, 15) is 0 Å². The van der Waals surface area contributed by atoms with Gasteiger partial charge in [0.05, 0.1) is 12.2 Å². The van der Waals surface area contributed by atoms with Crippen molar-refractivity contribution >= 4 is 16.6 Å². The molecule has 0 radical (unpaired) electrons. The van der Waals surface area contributed by atoms with Crippen molar-refractivity contribution in [2.75, 3.05) is 0 Å². The first-order chi connectivity index (χ1) is 10.2. The monoisotopic (exact) mass is 354 g/mol. The van der Waals surface area contributed by atoms with E-state index in [1.54, 1.807) is 0 Å². The van der Waals surface area contributed by atoms with Gasteiger partial charge in [-0.1, -0.05) is 53.7 Å². The van der Waals surface area contributed by atoms with Gasteiger partial charge in [-0.25, -0.2) is 0 Å². The van der Waals surface area contributed by atoms with E-state index in [-0.39, 0.29) is 10.1 Å². The number of hydrogen-bond acceptors (Lipinski definition) is 2. The van der Waals surface area contributed by atoms with E-state index in [2.05, 4.69) is 79.9 Å². The first-order valence-electron chi connectivity index (χ1n) is 9.20. The van der Waals surface area contributed by atoms with Gasteiger partial charge < -0.3 is 8.85 Å². The fraction of sp³-hybridized carbons (Fsp3) is 0.895. The molecule has 0 aromatic heterocycles. The van der Waals surface area contributed by atoms with E-state index >= 15 is 0 Å². The highest BCUT2D eigenvalue weighted by Gasteiger charge is 2.52. The minimum atomic E-state index is -1.71. The van der Waals surface area contributed by atoms with E-state index in [0.29, 0.717) is 24.0 Å². The lowest BCUT2D eigenvalue weighted by Gasteiger charge is -2.41. The van der Waals surface area contributed by atoms with Gasteiger partial charge in [-0.15, -0.1) is 0 Å². The molecule has 0 bridgehead atoms. The Balaban J connectivity index is 2.08. The van der Waals surface area contributed by atoms with E-state index in [1.807, 2.05) is 0 Å². The van der Waals surface area contributed by atoms with E-state index in [0.717, 1.165) is 6.42 Å². The third-order valence-electron chi connectivity index (χ3n) is 6.83. The van der Waals surface area contributed by atoms with Crippen LogP contribution in [0.5, 0.6) is 0 Å². The van der Waals surface area contributed by atoms with Crippen LogP contribution in [0.2, 0.25) is 36.3 Å². The van der Waals surface area contributed by atoms with Crippen molar-refractivity contribution in [1.29, 1.82) is 0 Å². The zero-order valence-electron chi connectivity index (χ0n) is 17.0. The number of fused-ring (bicyclic) bond motifs is 1. The highest BCUT2D eigenvalue weighted by molar-refractivity contribution is 6.74. The van der Waals surface area contributed by atoms with Crippen LogP contribution in [0.1, 0.15) is 48.0 Å². The average molecular weight is 355 g/mol. The molecule has 134 valence electrons. The van der Waals surface area contributed by atoms with Crippen LogP contribution in [0.4, 0.5) is 0 Å². The molecular weight excluding hydrogens is 316 g/mol. The van der Waals surface area contributed by atoms with Crippen LogP contribution in [0.25, 0.3) is 0 Å². The van der Waals surface area contributed by atoms with Gasteiger partial charge in [-0.3, -0.25) is 0 Å². The summed E-state index contributed by atoms with van der Waals surface area (Å²) >= 11 is 0. The maximum absolute atomic E-state index is 6.75. The Bertz CT molecular complexity index is 427. The van der Waals surface area contributed by atoms with Crippen molar-refractivity contribution in [3.63, 3.8) is 0 Å². The molecule has 0 amide bonds. The highest BCUT2D eigenvalue weighted by Crippen LogP contribution is 2.49. The molecule has 2 aliphatic rings. The fourth-order valence-corrected chi connectivity index (χ4v) is 5.75. The summed E-state index contributed by atoms with van der Waals surface area (Å²) in [6, 6.07) is 0. The van der Waals surface area contributed by atoms with E-state index in [4.69, 9.17) is 8.85 Å². The first-order valence-corrected chi connectivity index (χ1v) is 15.0. The second-order valence-electron chi connectivity index (χ2n) is 10.6. The summed E-state index contributed by atoms with van der Waals surface area (Å²) in [6.45, 7) is 23.4. The second-order valence-corrected chi connectivity index (χ2v) is 20.1. The fourth-order valence-electron chi connectivity index (χ4n) is 3.02. The van der Waals surface area contributed by atoms with Crippen molar-refractivity contribution in [1.82, 2.24) is 0 Å². The van der Waals surface area contributed by atoms with Crippen LogP contribution in [-0.2, 0) is 8.85 Å². The Labute approximate surface area is 146 Å². The van der Waals surface area contributed by atoms with Crippen molar-refractivity contribution in [2.45, 2.75) is 96.4 Å². The topological polar surface area (TPSA) is 18.5 Å². The summed E-state index contributed by atoms with van der Waals surface area (Å²) < 4.78 is 13.5. The zero-order chi connectivity index (χ0) is 17.8. The summed E-state index contributed by atoms with van der Waals surface area (Å²) in [5.41, 5.74) is 0. The maximum atomic E-state index is 6.75. The molecule has 0 N–H and O–H groups in total. The number of rotatable bonds is 4. The van der Waals surface area contributed by atoms with Gasteiger partial charge in [0, 0.05) is 11.8 Å². The van der Waals surface area contributed by atoms with Gasteiger partial charge in [0.25, 0.3) is 0 Å². The van der Waals surface area contributed by atoms with E-state index < -0.39 is 16.6 Å². The SMILES string of the molecule is CC(C)(C)[Si](C)(C)O[C@H]1C[C@@H](O[Si](C)(C)C(C)(C)C)[C@H]2C=C[C@H]21. The Kier molecular flexibility index (Phi) is 4.91. The van der Waals surface area contributed by atoms with Crippen LogP contribution >= 0.6 is 0 Å². The molecule has 0 aromatic rings. The molecule has 0 aliphatic heterocycles. The molecule has 2 rings (SSSR count). The standard InChI is InChI=1S/C19H38O2Si2/c1-18(2,3)22(7,8)20-16-13-17(15-12-11-14(15)16)21-23(9,10)19(4,5)6/h11-12,14-17H,13H2,1-10H3/t14-,15+,16+,17-. The lowest BCUT2D eigenvalue weighted by atomic mass is 9.84. The summed E-state index contributed by atoms with van der Waals surface area (Å²) in [6.07, 6.45) is 6.51. The van der Waals surface area contributed by atoms with Gasteiger partial charge in [0.1, 0.15) is 0 Å². The molecule has 1 saturated carbocycles. The van der Waals surface area contributed by atoms with Gasteiger partial charge in [0.2, 0.25) is 0 Å². The van der Waals surface area contributed by atoms with Crippen molar-refractivity contribution in [3.05, 3.63) is 12.2 Å². The highest BCUT2D eigenvalue weighted by atomic mass is 28.4. The molecule has 2 aliphatic carbocycles. The Morgan fingerprint density at radius 2 is 1.00 bits per heavy atom. The van der Waals surface area contributed by atoms with Crippen molar-refractivity contribution < 1.29 is 8.85 Å². The van der Waals surface area contributed by atoms with Crippen LogP contribution in [0.3, 0.4) is 0 Å². The minimum absolute atomic E-state index is 0.272. The molecule has 23 heavy (non-hydrogen) atoms. The van der Waals surface area contributed by atoms with Crippen LogP contribution < -0.4 is 0 Å². The van der Waals surface area contributed by atoms with E-state index in [1.165, 1.54) is 0 Å². The Morgan fingerprint density at radius 1 is 0.696 bits per heavy atom. The number of hydrogen-bond donors (Lipinski definition) is 0. The quantitative estimate of drug-likeness (QED) is 0.457. The molecule has 0 spiro atoms. The molecule has 0 heterocycles. The molecule has 2 nitrogen and oxygen atoms in total. The normalized spacial score (nSPS) is 31.9. The second kappa shape index (κ2) is 5.82. The predicted octanol–water partition coefficient (Wildman–Crippen LogP) is 5.97. The zero-order valence-corrected chi connectivity index (χ0v) is 19.0. The summed E-state index contributed by atoms with van der Waals surface area (Å²) in [5, 5.41) is 0.544. The summed E-state index contributed by atoms with van der Waals surface area (Å²) in [7, 11) is -3.42. The molecule has 0 unspecified atom stereocenters. The van der Waals surface area contributed by atoms with Gasteiger partial charge in [-0.2, -0.15) is 0 Å². The van der Waals surface area contributed by atoms with Crippen LogP contribution in [0.15, 0.2) is 12.2 Å². The maximum Gasteiger partial charge on any atom is 0.192 e. The Morgan fingerprint density at radius 3 is 1.22 bits per heavy atom. The summed E-state index contributed by atoms with van der Waals surface area (Å²) in [5.74, 6) is 1.16. The molecule has 0 saturated heterocycles. The van der Waals surface area contributed by atoms with Gasteiger partial charge in [-0.05, 0) is 42.7 Å². The van der Waals surface area contributed by atoms with Gasteiger partial charge >= 0.3 is 0 Å². The molecule has 4 heteroatoms. The molecule has 4 atom stereocenters. The van der Waals surface area contributed by atoms with Crippen LogP contribution in [0, 0.1) is 11.8 Å². The van der Waals surface area contributed by atoms with Crippen molar-refractivity contribution in [3.8, 4) is 0 Å². The largest absolute Gasteiger partial charge is 0.413 e. The smallest absolute Gasteiger partial charge is 0.192 e. The molecular formula is C19H38O2Si2. The lowest BCUT2D eigenvalue weighted by molar-refractivity contribution is 0.137. The first kappa shape index (κ1) is 19.4.